The zero-order valence-corrected chi connectivity index (χ0v) is 13.6. The molecule has 3 N–H and O–H groups in total. The van der Waals surface area contributed by atoms with Crippen LogP contribution in [0.4, 0.5) is 5.69 Å². The summed E-state index contributed by atoms with van der Waals surface area (Å²) in [6, 6.07) is 6.69. The Morgan fingerprint density at radius 3 is 2.91 bits per heavy atom. The number of nitrogens with two attached hydrogens (primary N) is 1. The molecule has 1 saturated heterocycles. The van der Waals surface area contributed by atoms with E-state index >= 15 is 0 Å². The van der Waals surface area contributed by atoms with Gasteiger partial charge in [0.2, 0.25) is 10.0 Å². The molecule has 0 saturated carbocycles. The molecule has 22 heavy (non-hydrogen) atoms. The Morgan fingerprint density at radius 1 is 1.45 bits per heavy atom. The molecule has 1 aromatic rings. The molecular weight excluding hydrogens is 302 g/mol. The number of sulfonamides is 1. The van der Waals surface area contributed by atoms with Crippen LogP contribution in [0.1, 0.15) is 36.5 Å². The highest BCUT2D eigenvalue weighted by Gasteiger charge is 2.28. The number of carbonyl (C=O) groups excluding carboxylic acids is 1. The number of amides is 1. The third-order valence-corrected chi connectivity index (χ3v) is 5.26. The van der Waals surface area contributed by atoms with Gasteiger partial charge in [0.15, 0.2) is 0 Å². The Labute approximate surface area is 131 Å². The second-order valence-corrected chi connectivity index (χ2v) is 7.37. The first-order chi connectivity index (χ1) is 10.5. The number of nitrogens with one attached hydrogen (secondary N) is 1. The van der Waals surface area contributed by atoms with E-state index in [1.54, 1.807) is 36.1 Å². The Hall–Kier alpha value is -1.60. The first-order valence-electron chi connectivity index (χ1n) is 7.58. The second kappa shape index (κ2) is 7.11. The smallest absolute Gasteiger partial charge is 0.254 e. The molecule has 2 rings (SSSR count). The average Bonchev–Trinajstić information content (AvgIpc) is 2.94. The molecule has 0 radical (unpaired) electrons. The quantitative estimate of drug-likeness (QED) is 0.827. The molecule has 1 atom stereocenters. The lowest BCUT2D eigenvalue weighted by Crippen LogP contribution is -2.39. The van der Waals surface area contributed by atoms with Gasteiger partial charge in [-0.2, -0.15) is 0 Å². The first-order valence-corrected chi connectivity index (χ1v) is 9.23. The maximum absolute atomic E-state index is 12.6. The van der Waals surface area contributed by atoms with Gasteiger partial charge in [-0.3, -0.25) is 9.52 Å². The van der Waals surface area contributed by atoms with Crippen molar-refractivity contribution in [3.63, 3.8) is 0 Å². The molecule has 1 fully saturated rings. The van der Waals surface area contributed by atoms with Gasteiger partial charge >= 0.3 is 0 Å². The topological polar surface area (TPSA) is 92.5 Å². The number of hydrogen-bond acceptors (Lipinski definition) is 4. The van der Waals surface area contributed by atoms with Crippen LogP contribution in [0.3, 0.4) is 0 Å². The maximum atomic E-state index is 12.6. The van der Waals surface area contributed by atoms with E-state index in [-0.39, 0.29) is 17.7 Å². The minimum atomic E-state index is -3.36. The van der Waals surface area contributed by atoms with Crippen molar-refractivity contribution in [3.8, 4) is 0 Å². The van der Waals surface area contributed by atoms with Gasteiger partial charge in [0.1, 0.15) is 0 Å². The SMILES string of the molecule is CCCS(=O)(=O)Nc1cccc(C(=O)N2CCCC2CN)c1. The number of nitrogens with zero attached hydrogens (tertiary/aromatic N) is 1. The molecule has 1 aliphatic heterocycles. The van der Waals surface area contributed by atoms with E-state index in [0.717, 1.165) is 12.8 Å². The monoisotopic (exact) mass is 325 g/mol. The van der Waals surface area contributed by atoms with Crippen LogP contribution in [0, 0.1) is 0 Å². The maximum Gasteiger partial charge on any atom is 0.254 e. The molecule has 0 spiro atoms. The molecule has 1 aliphatic rings. The van der Waals surface area contributed by atoms with Gasteiger partial charge in [0, 0.05) is 30.4 Å². The number of carbonyl (C=O) groups is 1. The predicted molar refractivity (Wildman–Crippen MR) is 87.3 cm³/mol. The summed E-state index contributed by atoms with van der Waals surface area (Å²) in [5, 5.41) is 0. The van der Waals surface area contributed by atoms with E-state index in [4.69, 9.17) is 5.73 Å². The van der Waals surface area contributed by atoms with Crippen molar-refractivity contribution in [2.24, 2.45) is 5.73 Å². The molecule has 1 amide bonds. The highest BCUT2D eigenvalue weighted by Crippen LogP contribution is 2.21. The number of likely N-dealkylation sites (tertiary alicyclic amines) is 1. The van der Waals surface area contributed by atoms with Gasteiger partial charge in [-0.05, 0) is 37.5 Å². The van der Waals surface area contributed by atoms with Gasteiger partial charge in [0.25, 0.3) is 5.91 Å². The lowest BCUT2D eigenvalue weighted by Gasteiger charge is -2.23. The lowest BCUT2D eigenvalue weighted by molar-refractivity contribution is 0.0741. The minimum absolute atomic E-state index is 0.0621. The van der Waals surface area contributed by atoms with Crippen molar-refractivity contribution in [2.45, 2.75) is 32.2 Å². The van der Waals surface area contributed by atoms with E-state index in [1.807, 2.05) is 0 Å². The molecule has 7 heteroatoms. The number of benzene rings is 1. The number of rotatable bonds is 6. The minimum Gasteiger partial charge on any atom is -0.334 e. The summed E-state index contributed by atoms with van der Waals surface area (Å²) in [4.78, 5) is 14.3. The first kappa shape index (κ1) is 16.8. The zero-order chi connectivity index (χ0) is 16.2. The van der Waals surface area contributed by atoms with Crippen LogP contribution in [0.15, 0.2) is 24.3 Å². The van der Waals surface area contributed by atoms with Crippen LogP contribution in [-0.4, -0.2) is 44.1 Å². The van der Waals surface area contributed by atoms with Crippen molar-refractivity contribution >= 4 is 21.6 Å². The molecule has 1 heterocycles. The number of hydrogen-bond donors (Lipinski definition) is 2. The normalized spacial score (nSPS) is 18.5. The van der Waals surface area contributed by atoms with Gasteiger partial charge in [-0.1, -0.05) is 13.0 Å². The molecule has 0 aromatic heterocycles. The van der Waals surface area contributed by atoms with Crippen LogP contribution in [0.2, 0.25) is 0 Å². The summed E-state index contributed by atoms with van der Waals surface area (Å²) < 4.78 is 26.1. The van der Waals surface area contributed by atoms with E-state index < -0.39 is 10.0 Å². The zero-order valence-electron chi connectivity index (χ0n) is 12.8. The van der Waals surface area contributed by atoms with Gasteiger partial charge in [0.05, 0.1) is 5.75 Å². The van der Waals surface area contributed by atoms with Crippen molar-refractivity contribution < 1.29 is 13.2 Å². The Bertz CT molecular complexity index is 631. The Balaban J connectivity index is 2.16. The summed E-state index contributed by atoms with van der Waals surface area (Å²) in [5.74, 6) is -0.0310. The van der Waals surface area contributed by atoms with Gasteiger partial charge < -0.3 is 10.6 Å². The van der Waals surface area contributed by atoms with Crippen LogP contribution in [0.25, 0.3) is 0 Å². The third kappa shape index (κ3) is 3.98. The standard InChI is InChI=1S/C15H23N3O3S/c1-2-9-22(20,21)17-13-6-3-5-12(10-13)15(19)18-8-4-7-14(18)11-16/h3,5-6,10,14,17H,2,4,7-9,11,16H2,1H3. The average molecular weight is 325 g/mol. The molecule has 0 aliphatic carbocycles. The molecular formula is C15H23N3O3S. The summed E-state index contributed by atoms with van der Waals surface area (Å²) in [7, 11) is -3.36. The molecule has 122 valence electrons. The Kier molecular flexibility index (Phi) is 5.42. The van der Waals surface area contributed by atoms with Gasteiger partial charge in [-0.15, -0.1) is 0 Å². The summed E-state index contributed by atoms with van der Waals surface area (Å²) in [6.45, 7) is 2.96. The molecule has 1 aromatic carbocycles. The van der Waals surface area contributed by atoms with Crippen LogP contribution < -0.4 is 10.5 Å². The Morgan fingerprint density at radius 2 is 2.23 bits per heavy atom. The molecule has 6 nitrogen and oxygen atoms in total. The largest absolute Gasteiger partial charge is 0.334 e. The van der Waals surface area contributed by atoms with E-state index in [2.05, 4.69) is 4.72 Å². The summed E-state index contributed by atoms with van der Waals surface area (Å²) in [5.41, 5.74) is 6.60. The van der Waals surface area contributed by atoms with E-state index in [0.29, 0.717) is 30.8 Å². The van der Waals surface area contributed by atoms with Crippen molar-refractivity contribution in [2.75, 3.05) is 23.6 Å². The van der Waals surface area contributed by atoms with Crippen LogP contribution >= 0.6 is 0 Å². The van der Waals surface area contributed by atoms with Gasteiger partial charge in [-0.25, -0.2) is 8.42 Å². The van der Waals surface area contributed by atoms with E-state index in [1.165, 1.54) is 0 Å². The predicted octanol–water partition coefficient (Wildman–Crippen LogP) is 1.40. The second-order valence-electron chi connectivity index (χ2n) is 5.53. The molecule has 0 bridgehead atoms. The molecule has 1 unspecified atom stereocenters. The van der Waals surface area contributed by atoms with E-state index in [9.17, 15) is 13.2 Å². The fourth-order valence-corrected chi connectivity index (χ4v) is 3.85. The fraction of sp³-hybridized carbons (Fsp3) is 0.533. The third-order valence-electron chi connectivity index (χ3n) is 3.77. The van der Waals surface area contributed by atoms with Crippen molar-refractivity contribution in [1.29, 1.82) is 0 Å². The highest BCUT2D eigenvalue weighted by molar-refractivity contribution is 7.92. The van der Waals surface area contributed by atoms with Crippen LogP contribution in [-0.2, 0) is 10.0 Å². The number of anilines is 1. The highest BCUT2D eigenvalue weighted by atomic mass is 32.2. The summed E-state index contributed by atoms with van der Waals surface area (Å²) >= 11 is 0. The lowest BCUT2D eigenvalue weighted by atomic mass is 10.1. The fourth-order valence-electron chi connectivity index (χ4n) is 2.73. The summed E-state index contributed by atoms with van der Waals surface area (Å²) in [6.07, 6.45) is 2.42. The van der Waals surface area contributed by atoms with Crippen molar-refractivity contribution in [3.05, 3.63) is 29.8 Å². The van der Waals surface area contributed by atoms with Crippen LogP contribution in [0.5, 0.6) is 0 Å². The van der Waals surface area contributed by atoms with Crippen molar-refractivity contribution in [1.82, 2.24) is 4.90 Å².